The number of nitrogens with one attached hydrogen (secondary N) is 1. The Bertz CT molecular complexity index is 1030. The number of nitrogens with zero attached hydrogens (tertiary/aromatic N) is 4. The van der Waals surface area contributed by atoms with Crippen molar-refractivity contribution in [1.82, 2.24) is 14.3 Å². The molecular formula is C16H14FN5O3. The van der Waals surface area contributed by atoms with Gasteiger partial charge in [-0.3, -0.25) is 19.1 Å². The summed E-state index contributed by atoms with van der Waals surface area (Å²) in [5.74, 6) is 1.38. The Morgan fingerprint density at radius 3 is 2.72 bits per heavy atom. The molecule has 1 unspecified atom stereocenters. The average molecular weight is 343 g/mol. The van der Waals surface area contributed by atoms with E-state index >= 15 is 0 Å². The fraction of sp³-hybridized carbons (Fsp3) is 0.250. The van der Waals surface area contributed by atoms with Gasteiger partial charge in [0.1, 0.15) is 17.9 Å². The second-order valence-corrected chi connectivity index (χ2v) is 5.55. The number of amides is 1. The normalized spacial score (nSPS) is 16.2. The van der Waals surface area contributed by atoms with Crippen LogP contribution in [0.25, 0.3) is 5.69 Å². The molecule has 1 aromatic heterocycles. The average Bonchev–Trinajstić information content (AvgIpc) is 2.57. The van der Waals surface area contributed by atoms with Gasteiger partial charge in [-0.1, -0.05) is 5.92 Å². The molecular weight excluding hydrogens is 329 g/mol. The van der Waals surface area contributed by atoms with Crippen LogP contribution in [0.15, 0.2) is 27.9 Å². The quantitative estimate of drug-likeness (QED) is 0.766. The van der Waals surface area contributed by atoms with Crippen LogP contribution in [0.5, 0.6) is 0 Å². The van der Waals surface area contributed by atoms with E-state index in [1.165, 1.54) is 18.0 Å². The molecule has 0 saturated carbocycles. The number of anilines is 2. The fourth-order valence-electron chi connectivity index (χ4n) is 2.60. The summed E-state index contributed by atoms with van der Waals surface area (Å²) in [6.45, 7) is 1.64. The molecule has 0 spiro atoms. The molecule has 3 rings (SSSR count). The Morgan fingerprint density at radius 2 is 2.04 bits per heavy atom. The van der Waals surface area contributed by atoms with Gasteiger partial charge in [0, 0.05) is 13.1 Å². The molecule has 9 heteroatoms. The molecule has 1 N–H and O–H groups in total. The number of halogens is 1. The van der Waals surface area contributed by atoms with Gasteiger partial charge in [-0.15, -0.1) is 6.42 Å². The van der Waals surface area contributed by atoms with Gasteiger partial charge in [0.25, 0.3) is 5.56 Å². The van der Waals surface area contributed by atoms with E-state index in [0.717, 1.165) is 21.5 Å². The third-order valence-corrected chi connectivity index (χ3v) is 3.92. The first-order valence-electron chi connectivity index (χ1n) is 7.35. The largest absolute Gasteiger partial charge is 0.372 e. The first kappa shape index (κ1) is 16.4. The monoisotopic (exact) mass is 343 g/mol. The standard InChI is InChI=1S/C16H14FN5O3/c1-4-5-21-13-7-12(22-16(25)20(3)14(23)8-18-22)10(17)6-11(13)19-9(2)15(21)24/h1,6-9,19H,5H2,2-3H3. The fourth-order valence-corrected chi connectivity index (χ4v) is 2.60. The highest BCUT2D eigenvalue weighted by atomic mass is 19.1. The number of aromatic nitrogens is 3. The Morgan fingerprint density at radius 1 is 1.32 bits per heavy atom. The van der Waals surface area contributed by atoms with Crippen LogP contribution in [0, 0.1) is 18.2 Å². The van der Waals surface area contributed by atoms with Crippen LogP contribution in [0.2, 0.25) is 0 Å². The predicted octanol–water partition coefficient (Wildman–Crippen LogP) is -0.150. The molecule has 2 aromatic rings. The smallest absolute Gasteiger partial charge is 0.352 e. The number of carbonyl (C=O) groups excluding carboxylic acids is 1. The Kier molecular flexibility index (Phi) is 3.88. The van der Waals surface area contributed by atoms with Gasteiger partial charge in [0.2, 0.25) is 5.91 Å². The lowest BCUT2D eigenvalue weighted by molar-refractivity contribution is -0.119. The first-order chi connectivity index (χ1) is 11.8. The zero-order chi connectivity index (χ0) is 18.3. The maximum atomic E-state index is 14.5. The lowest BCUT2D eigenvalue weighted by Gasteiger charge is -2.33. The minimum atomic E-state index is -0.807. The van der Waals surface area contributed by atoms with E-state index in [9.17, 15) is 18.8 Å². The highest BCUT2D eigenvalue weighted by Crippen LogP contribution is 2.34. The number of hydrogen-bond donors (Lipinski definition) is 1. The van der Waals surface area contributed by atoms with E-state index in [0.29, 0.717) is 11.4 Å². The highest BCUT2D eigenvalue weighted by Gasteiger charge is 2.30. The van der Waals surface area contributed by atoms with Gasteiger partial charge < -0.3 is 5.32 Å². The number of hydrogen-bond acceptors (Lipinski definition) is 5. The molecule has 1 aliphatic rings. The summed E-state index contributed by atoms with van der Waals surface area (Å²) in [4.78, 5) is 37.3. The van der Waals surface area contributed by atoms with Crippen molar-refractivity contribution in [1.29, 1.82) is 0 Å². The molecule has 0 fully saturated rings. The lowest BCUT2D eigenvalue weighted by Crippen LogP contribution is -2.46. The molecule has 8 nitrogen and oxygen atoms in total. The van der Waals surface area contributed by atoms with E-state index in [2.05, 4.69) is 16.3 Å². The predicted molar refractivity (Wildman–Crippen MR) is 89.3 cm³/mol. The molecule has 0 bridgehead atoms. The van der Waals surface area contributed by atoms with Crippen molar-refractivity contribution in [2.45, 2.75) is 13.0 Å². The minimum absolute atomic E-state index is 0.00146. The molecule has 1 atom stereocenters. The van der Waals surface area contributed by atoms with Gasteiger partial charge in [0.15, 0.2) is 5.82 Å². The van der Waals surface area contributed by atoms with Crippen LogP contribution < -0.4 is 21.5 Å². The maximum absolute atomic E-state index is 14.5. The number of fused-ring (bicyclic) bond motifs is 1. The highest BCUT2D eigenvalue weighted by molar-refractivity contribution is 6.05. The number of rotatable bonds is 2. The molecule has 0 aliphatic carbocycles. The number of terminal acetylenes is 1. The van der Waals surface area contributed by atoms with Crippen LogP contribution in [0.4, 0.5) is 15.8 Å². The van der Waals surface area contributed by atoms with E-state index < -0.39 is 23.1 Å². The van der Waals surface area contributed by atoms with Crippen molar-refractivity contribution in [3.05, 3.63) is 45.0 Å². The second-order valence-electron chi connectivity index (χ2n) is 5.55. The molecule has 0 saturated heterocycles. The summed E-state index contributed by atoms with van der Waals surface area (Å²) in [5.41, 5.74) is -0.899. The number of benzene rings is 1. The van der Waals surface area contributed by atoms with Crippen molar-refractivity contribution in [2.75, 3.05) is 16.8 Å². The first-order valence-corrected chi connectivity index (χ1v) is 7.35. The Balaban J connectivity index is 2.24. The maximum Gasteiger partial charge on any atom is 0.352 e. The topological polar surface area (TPSA) is 89.2 Å². The summed E-state index contributed by atoms with van der Waals surface area (Å²) in [6, 6.07) is 1.90. The van der Waals surface area contributed by atoms with Crippen LogP contribution in [0.3, 0.4) is 0 Å². The van der Waals surface area contributed by atoms with Crippen molar-refractivity contribution < 1.29 is 9.18 Å². The zero-order valence-electron chi connectivity index (χ0n) is 13.5. The van der Waals surface area contributed by atoms with Crippen LogP contribution >= 0.6 is 0 Å². The SMILES string of the molecule is C#CCN1C(=O)C(C)Nc2cc(F)c(-n3ncc(=O)n(C)c3=O)cc21. The molecule has 1 aromatic carbocycles. The van der Waals surface area contributed by atoms with Gasteiger partial charge in [0.05, 0.1) is 17.9 Å². The van der Waals surface area contributed by atoms with Crippen LogP contribution in [0.1, 0.15) is 6.92 Å². The molecule has 1 amide bonds. The summed E-state index contributed by atoms with van der Waals surface area (Å²) >= 11 is 0. The lowest BCUT2D eigenvalue weighted by atomic mass is 10.1. The Labute approximate surface area is 141 Å². The third-order valence-electron chi connectivity index (χ3n) is 3.92. The summed E-state index contributed by atoms with van der Waals surface area (Å²) in [6.07, 6.45) is 6.23. The van der Waals surface area contributed by atoms with E-state index in [1.807, 2.05) is 0 Å². The van der Waals surface area contributed by atoms with Crippen molar-refractivity contribution in [3.63, 3.8) is 0 Å². The van der Waals surface area contributed by atoms with Crippen molar-refractivity contribution in [2.24, 2.45) is 7.05 Å². The summed E-state index contributed by atoms with van der Waals surface area (Å²) in [5, 5.41) is 6.58. The van der Waals surface area contributed by atoms with E-state index in [-0.39, 0.29) is 18.1 Å². The number of carbonyl (C=O) groups is 1. The van der Waals surface area contributed by atoms with Crippen LogP contribution in [-0.2, 0) is 11.8 Å². The Hall–Kier alpha value is -3.41. The minimum Gasteiger partial charge on any atom is -0.372 e. The molecule has 0 radical (unpaired) electrons. The summed E-state index contributed by atoms with van der Waals surface area (Å²) in [7, 11) is 1.26. The van der Waals surface area contributed by atoms with Gasteiger partial charge in [-0.05, 0) is 13.0 Å². The molecule has 128 valence electrons. The van der Waals surface area contributed by atoms with E-state index in [4.69, 9.17) is 6.42 Å². The summed E-state index contributed by atoms with van der Waals surface area (Å²) < 4.78 is 16.1. The third kappa shape index (κ3) is 2.57. The van der Waals surface area contributed by atoms with Gasteiger partial charge >= 0.3 is 5.69 Å². The van der Waals surface area contributed by atoms with E-state index in [1.54, 1.807) is 6.92 Å². The molecule has 25 heavy (non-hydrogen) atoms. The van der Waals surface area contributed by atoms with Gasteiger partial charge in [-0.25, -0.2) is 9.18 Å². The van der Waals surface area contributed by atoms with Crippen LogP contribution in [-0.4, -0.2) is 32.8 Å². The van der Waals surface area contributed by atoms with Gasteiger partial charge in [-0.2, -0.15) is 9.78 Å². The van der Waals surface area contributed by atoms with Crippen molar-refractivity contribution >= 4 is 17.3 Å². The van der Waals surface area contributed by atoms with Crippen molar-refractivity contribution in [3.8, 4) is 18.0 Å². The second kappa shape index (κ2) is 5.90. The molecule has 2 heterocycles. The molecule has 1 aliphatic heterocycles. The zero-order valence-corrected chi connectivity index (χ0v) is 13.5.